The number of hydrogen-bond acceptors (Lipinski definition) is 6. The van der Waals surface area contributed by atoms with E-state index in [2.05, 4.69) is 20.5 Å². The molecule has 5 aromatic rings. The smallest absolute Gasteiger partial charge is 0.234 e. The van der Waals surface area contributed by atoms with Gasteiger partial charge in [0.1, 0.15) is 11.5 Å². The monoisotopic (exact) mass is 485 g/mol. The zero-order chi connectivity index (χ0) is 24.2. The van der Waals surface area contributed by atoms with Gasteiger partial charge in [-0.15, -0.1) is 10.2 Å². The summed E-state index contributed by atoms with van der Waals surface area (Å²) in [5, 5.41) is 13.5. The molecular formula is C26H23N5O3S. The van der Waals surface area contributed by atoms with Gasteiger partial charge in [0.2, 0.25) is 5.91 Å². The normalized spacial score (nSPS) is 10.9. The highest BCUT2D eigenvalue weighted by Crippen LogP contribution is 2.33. The van der Waals surface area contributed by atoms with E-state index in [1.807, 2.05) is 71.4 Å². The Hall–Kier alpha value is -4.24. The third-order valence-corrected chi connectivity index (χ3v) is 6.44. The number of benzene rings is 3. The number of nitrogens with one attached hydrogen (secondary N) is 2. The van der Waals surface area contributed by atoms with Crippen molar-refractivity contribution in [1.29, 1.82) is 0 Å². The van der Waals surface area contributed by atoms with Crippen molar-refractivity contribution in [2.24, 2.45) is 0 Å². The molecule has 0 aliphatic heterocycles. The van der Waals surface area contributed by atoms with Crippen molar-refractivity contribution in [1.82, 2.24) is 19.7 Å². The van der Waals surface area contributed by atoms with E-state index < -0.39 is 0 Å². The molecule has 2 N–H and O–H groups in total. The zero-order valence-electron chi connectivity index (χ0n) is 19.2. The second-order valence-corrected chi connectivity index (χ2v) is 8.57. The molecule has 0 spiro atoms. The molecular weight excluding hydrogens is 462 g/mol. The number of rotatable bonds is 8. The van der Waals surface area contributed by atoms with Crippen molar-refractivity contribution in [3.63, 3.8) is 0 Å². The first-order valence-corrected chi connectivity index (χ1v) is 11.9. The summed E-state index contributed by atoms with van der Waals surface area (Å²) in [4.78, 5) is 16.0. The molecule has 9 heteroatoms. The van der Waals surface area contributed by atoms with Crippen LogP contribution in [0.4, 0.5) is 5.69 Å². The Morgan fingerprint density at radius 3 is 2.54 bits per heavy atom. The van der Waals surface area contributed by atoms with Crippen molar-refractivity contribution in [2.75, 3.05) is 25.3 Å². The molecule has 0 aliphatic carbocycles. The van der Waals surface area contributed by atoms with Crippen molar-refractivity contribution in [3.8, 4) is 28.6 Å². The molecule has 0 saturated heterocycles. The number of ether oxygens (including phenoxy) is 2. The average molecular weight is 486 g/mol. The van der Waals surface area contributed by atoms with Crippen LogP contribution in [0.3, 0.4) is 0 Å². The molecule has 0 unspecified atom stereocenters. The number of thioether (sulfide) groups is 1. The van der Waals surface area contributed by atoms with E-state index in [0.717, 1.165) is 27.9 Å². The highest BCUT2D eigenvalue weighted by atomic mass is 32.2. The number of amides is 1. The van der Waals surface area contributed by atoms with Gasteiger partial charge in [-0.1, -0.05) is 42.1 Å². The molecule has 2 aromatic heterocycles. The number of para-hydroxylation sites is 3. The average Bonchev–Trinajstić information content (AvgIpc) is 3.52. The number of H-pyrrole nitrogens is 1. The van der Waals surface area contributed by atoms with Crippen LogP contribution in [0.2, 0.25) is 0 Å². The van der Waals surface area contributed by atoms with E-state index in [4.69, 9.17) is 9.47 Å². The minimum atomic E-state index is -0.169. The number of methoxy groups -OCH3 is 2. The maximum Gasteiger partial charge on any atom is 0.234 e. The molecule has 8 nitrogen and oxygen atoms in total. The molecule has 3 aromatic carbocycles. The number of nitrogens with zero attached hydrogens (tertiary/aromatic N) is 3. The van der Waals surface area contributed by atoms with Crippen LogP contribution in [0.25, 0.3) is 28.0 Å². The number of carbonyl (C=O) groups is 1. The lowest BCUT2D eigenvalue weighted by Crippen LogP contribution is -2.15. The van der Waals surface area contributed by atoms with Crippen LogP contribution in [0, 0.1) is 0 Å². The van der Waals surface area contributed by atoms with Gasteiger partial charge in [-0.05, 0) is 42.5 Å². The number of fused-ring (bicyclic) bond motifs is 1. The summed E-state index contributed by atoms with van der Waals surface area (Å²) in [6.45, 7) is 0. The Morgan fingerprint density at radius 2 is 1.74 bits per heavy atom. The summed E-state index contributed by atoms with van der Waals surface area (Å²) in [5.41, 5.74) is 3.42. The molecule has 0 bridgehead atoms. The van der Waals surface area contributed by atoms with Gasteiger partial charge in [0.25, 0.3) is 0 Å². The first-order valence-electron chi connectivity index (χ1n) is 10.9. The van der Waals surface area contributed by atoms with Gasteiger partial charge < -0.3 is 19.8 Å². The fourth-order valence-corrected chi connectivity index (χ4v) is 4.57. The minimum Gasteiger partial charge on any atom is -0.497 e. The largest absolute Gasteiger partial charge is 0.497 e. The van der Waals surface area contributed by atoms with E-state index in [1.165, 1.54) is 11.8 Å². The maximum atomic E-state index is 12.7. The molecule has 0 aliphatic rings. The zero-order valence-corrected chi connectivity index (χ0v) is 20.0. The van der Waals surface area contributed by atoms with Gasteiger partial charge >= 0.3 is 0 Å². The summed E-state index contributed by atoms with van der Waals surface area (Å²) in [6.07, 6.45) is 1.93. The van der Waals surface area contributed by atoms with E-state index in [9.17, 15) is 4.79 Å². The van der Waals surface area contributed by atoms with E-state index in [-0.39, 0.29) is 11.7 Å². The lowest BCUT2D eigenvalue weighted by atomic mass is 10.1. The van der Waals surface area contributed by atoms with Gasteiger partial charge in [0.05, 0.1) is 25.7 Å². The number of hydrogen-bond donors (Lipinski definition) is 2. The standard InChI is InChI=1S/C26H23N5O3S/c1-33-18-13-11-17(12-14-18)31-25(20-15-27-21-8-4-3-7-19(20)21)29-30-26(31)35-16-24(32)28-22-9-5-6-10-23(22)34-2/h3-15,27H,16H2,1-2H3,(H,28,32). The van der Waals surface area contributed by atoms with Gasteiger partial charge in [-0.25, -0.2) is 0 Å². The first kappa shape index (κ1) is 22.5. The predicted octanol–water partition coefficient (Wildman–Crippen LogP) is 5.16. The lowest BCUT2D eigenvalue weighted by molar-refractivity contribution is -0.113. The Balaban J connectivity index is 1.47. The summed E-state index contributed by atoms with van der Waals surface area (Å²) >= 11 is 1.31. The van der Waals surface area contributed by atoms with Crippen molar-refractivity contribution in [2.45, 2.75) is 5.16 Å². The fourth-order valence-electron chi connectivity index (χ4n) is 3.82. The summed E-state index contributed by atoms with van der Waals surface area (Å²) in [7, 11) is 3.20. The Bertz CT molecular complexity index is 1480. The third-order valence-electron chi connectivity index (χ3n) is 5.51. The molecule has 2 heterocycles. The number of anilines is 1. The van der Waals surface area contributed by atoms with Crippen LogP contribution in [0.1, 0.15) is 0 Å². The lowest BCUT2D eigenvalue weighted by Gasteiger charge is -2.12. The quantitative estimate of drug-likeness (QED) is 0.295. The highest BCUT2D eigenvalue weighted by molar-refractivity contribution is 7.99. The second kappa shape index (κ2) is 9.94. The molecule has 176 valence electrons. The predicted molar refractivity (Wildman–Crippen MR) is 138 cm³/mol. The Morgan fingerprint density at radius 1 is 0.971 bits per heavy atom. The van der Waals surface area contributed by atoms with Gasteiger partial charge in [-0.3, -0.25) is 9.36 Å². The second-order valence-electron chi connectivity index (χ2n) is 7.62. The van der Waals surface area contributed by atoms with Crippen molar-refractivity contribution < 1.29 is 14.3 Å². The topological polar surface area (TPSA) is 94.1 Å². The molecule has 35 heavy (non-hydrogen) atoms. The molecule has 0 radical (unpaired) electrons. The molecule has 0 fully saturated rings. The van der Waals surface area contributed by atoms with E-state index in [0.29, 0.717) is 22.4 Å². The van der Waals surface area contributed by atoms with Crippen LogP contribution in [0.5, 0.6) is 11.5 Å². The SMILES string of the molecule is COc1ccc(-n2c(SCC(=O)Nc3ccccc3OC)nnc2-c2c[nH]c3ccccc23)cc1. The fraction of sp³-hybridized carbons (Fsp3) is 0.115. The van der Waals surface area contributed by atoms with Crippen molar-refractivity contribution in [3.05, 3.63) is 79.0 Å². The Labute approximate surface area is 206 Å². The van der Waals surface area contributed by atoms with Crippen molar-refractivity contribution >= 4 is 34.3 Å². The maximum absolute atomic E-state index is 12.7. The number of carbonyl (C=O) groups excluding carboxylic acids is 1. The van der Waals surface area contributed by atoms with Crippen LogP contribution in [-0.2, 0) is 4.79 Å². The molecule has 0 saturated carbocycles. The van der Waals surface area contributed by atoms with Gasteiger partial charge in [0, 0.05) is 28.4 Å². The van der Waals surface area contributed by atoms with E-state index in [1.54, 1.807) is 26.4 Å². The Kier molecular flexibility index (Phi) is 6.40. The molecule has 0 atom stereocenters. The van der Waals surface area contributed by atoms with Crippen LogP contribution in [-0.4, -0.2) is 45.6 Å². The third kappa shape index (κ3) is 4.58. The van der Waals surface area contributed by atoms with Gasteiger partial charge in [0.15, 0.2) is 11.0 Å². The van der Waals surface area contributed by atoms with Crippen LogP contribution < -0.4 is 14.8 Å². The van der Waals surface area contributed by atoms with E-state index >= 15 is 0 Å². The minimum absolute atomic E-state index is 0.153. The summed E-state index contributed by atoms with van der Waals surface area (Å²) < 4.78 is 12.6. The molecule has 1 amide bonds. The first-order chi connectivity index (χ1) is 17.2. The number of aromatic amines is 1. The van der Waals surface area contributed by atoms with Crippen LogP contribution in [0.15, 0.2) is 84.1 Å². The highest BCUT2D eigenvalue weighted by Gasteiger charge is 2.20. The van der Waals surface area contributed by atoms with Crippen LogP contribution >= 0.6 is 11.8 Å². The van der Waals surface area contributed by atoms with Gasteiger partial charge in [-0.2, -0.15) is 0 Å². The summed E-state index contributed by atoms with van der Waals surface area (Å²) in [6, 6.07) is 23.0. The summed E-state index contributed by atoms with van der Waals surface area (Å²) in [5.74, 6) is 2.02. The molecule has 5 rings (SSSR count). The number of aromatic nitrogens is 4.